The van der Waals surface area contributed by atoms with Crippen molar-refractivity contribution < 1.29 is 9.59 Å². The van der Waals surface area contributed by atoms with Crippen LogP contribution in [0.25, 0.3) is 0 Å². The monoisotopic (exact) mass is 336 g/mol. The first-order valence-corrected chi connectivity index (χ1v) is 8.95. The molecule has 2 saturated heterocycles. The van der Waals surface area contributed by atoms with Crippen LogP contribution < -0.4 is 10.6 Å². The van der Waals surface area contributed by atoms with E-state index in [2.05, 4.69) is 15.6 Å². The molecule has 2 aliphatic rings. The Balaban J connectivity index is 1.55. The molecule has 2 amide bonds. The first kappa shape index (κ1) is 16.4. The number of nitrogens with zero attached hydrogens (tertiary/aromatic N) is 2. The van der Waals surface area contributed by atoms with Crippen LogP contribution in [0, 0.1) is 17.3 Å². The molecule has 2 aliphatic heterocycles. The van der Waals surface area contributed by atoms with Crippen LogP contribution in [0.4, 0.5) is 5.13 Å². The molecule has 0 aliphatic carbocycles. The molecule has 0 radical (unpaired) electrons. The van der Waals surface area contributed by atoms with Crippen LogP contribution in [0.5, 0.6) is 0 Å². The van der Waals surface area contributed by atoms with Gasteiger partial charge in [-0.3, -0.25) is 9.59 Å². The Morgan fingerprint density at radius 3 is 2.61 bits per heavy atom. The molecule has 23 heavy (non-hydrogen) atoms. The number of rotatable bonds is 3. The molecule has 0 saturated carbocycles. The van der Waals surface area contributed by atoms with E-state index in [9.17, 15) is 9.59 Å². The lowest BCUT2D eigenvalue weighted by Gasteiger charge is -2.17. The van der Waals surface area contributed by atoms with Gasteiger partial charge >= 0.3 is 0 Å². The summed E-state index contributed by atoms with van der Waals surface area (Å²) in [5, 5.41) is 8.61. The number of thiazole rings is 1. The minimum atomic E-state index is -0.455. The number of carbonyl (C=O) groups excluding carboxylic acids is 2. The van der Waals surface area contributed by atoms with Gasteiger partial charge in [-0.2, -0.15) is 0 Å². The van der Waals surface area contributed by atoms with Crippen LogP contribution in [0.3, 0.4) is 0 Å². The van der Waals surface area contributed by atoms with E-state index in [1.54, 1.807) is 0 Å². The number of anilines is 1. The zero-order chi connectivity index (χ0) is 16.6. The first-order valence-electron chi connectivity index (χ1n) is 8.07. The van der Waals surface area contributed by atoms with E-state index in [-0.39, 0.29) is 11.8 Å². The fourth-order valence-corrected chi connectivity index (χ4v) is 3.76. The Morgan fingerprint density at radius 1 is 1.35 bits per heavy atom. The highest BCUT2D eigenvalue weighted by Crippen LogP contribution is 2.27. The lowest BCUT2D eigenvalue weighted by Crippen LogP contribution is -2.33. The Morgan fingerprint density at radius 2 is 2.00 bits per heavy atom. The van der Waals surface area contributed by atoms with Crippen LogP contribution in [0.2, 0.25) is 0 Å². The Hall–Kier alpha value is -1.47. The van der Waals surface area contributed by atoms with Crippen molar-refractivity contribution in [2.45, 2.75) is 27.2 Å². The maximum atomic E-state index is 12.4. The van der Waals surface area contributed by atoms with E-state index in [1.807, 2.05) is 31.1 Å². The van der Waals surface area contributed by atoms with Crippen LogP contribution in [0.15, 0.2) is 5.38 Å². The van der Waals surface area contributed by atoms with Crippen LogP contribution >= 0.6 is 11.3 Å². The van der Waals surface area contributed by atoms with E-state index in [0.29, 0.717) is 23.4 Å². The van der Waals surface area contributed by atoms with Crippen LogP contribution in [-0.2, 0) is 16.0 Å². The van der Waals surface area contributed by atoms with Crippen molar-refractivity contribution >= 4 is 28.3 Å². The van der Waals surface area contributed by atoms with Gasteiger partial charge in [0.05, 0.1) is 12.1 Å². The predicted octanol–water partition coefficient (Wildman–Crippen LogP) is 1.35. The van der Waals surface area contributed by atoms with Crippen LogP contribution in [0.1, 0.15) is 26.5 Å². The Kier molecular flexibility index (Phi) is 4.42. The van der Waals surface area contributed by atoms with E-state index in [0.717, 1.165) is 31.9 Å². The highest BCUT2D eigenvalue weighted by molar-refractivity contribution is 7.13. The van der Waals surface area contributed by atoms with Gasteiger partial charge in [-0.15, -0.1) is 11.3 Å². The SMILES string of the molecule is CC(C)(C)C(=O)Nc1nc(CC(=O)N2C[C@H]3CNC[C@H]3C2)cs1. The van der Waals surface area contributed by atoms with Crippen molar-refractivity contribution in [3.8, 4) is 0 Å². The molecule has 0 spiro atoms. The number of likely N-dealkylation sites (tertiary alicyclic amines) is 1. The summed E-state index contributed by atoms with van der Waals surface area (Å²) in [7, 11) is 0. The highest BCUT2D eigenvalue weighted by Gasteiger charge is 2.38. The first-order chi connectivity index (χ1) is 10.8. The van der Waals surface area contributed by atoms with Gasteiger partial charge in [0.2, 0.25) is 11.8 Å². The number of hydrogen-bond donors (Lipinski definition) is 2. The lowest BCUT2D eigenvalue weighted by atomic mass is 9.96. The Labute approximate surface area is 140 Å². The number of hydrogen-bond acceptors (Lipinski definition) is 5. The summed E-state index contributed by atoms with van der Waals surface area (Å²) in [5.41, 5.74) is 0.280. The molecule has 126 valence electrons. The van der Waals surface area contributed by atoms with Gasteiger partial charge in [-0.1, -0.05) is 20.8 Å². The number of aromatic nitrogens is 1. The third kappa shape index (κ3) is 3.72. The maximum absolute atomic E-state index is 12.4. The van der Waals surface area contributed by atoms with Gasteiger partial charge < -0.3 is 15.5 Å². The molecule has 1 aromatic heterocycles. The largest absolute Gasteiger partial charge is 0.342 e. The van der Waals surface area contributed by atoms with Gasteiger partial charge in [0, 0.05) is 37.0 Å². The summed E-state index contributed by atoms with van der Waals surface area (Å²) in [6, 6.07) is 0. The van der Waals surface area contributed by atoms with Crippen molar-refractivity contribution in [3.05, 3.63) is 11.1 Å². The minimum absolute atomic E-state index is 0.0652. The average Bonchev–Trinajstić information content (AvgIpc) is 3.12. The quantitative estimate of drug-likeness (QED) is 0.874. The van der Waals surface area contributed by atoms with Crippen molar-refractivity contribution in [1.82, 2.24) is 15.2 Å². The highest BCUT2D eigenvalue weighted by atomic mass is 32.1. The second-order valence-corrected chi connectivity index (χ2v) is 8.36. The molecule has 2 atom stereocenters. The van der Waals surface area contributed by atoms with E-state index >= 15 is 0 Å². The molecule has 0 unspecified atom stereocenters. The number of amides is 2. The number of fused-ring (bicyclic) bond motifs is 1. The predicted molar refractivity (Wildman–Crippen MR) is 90.3 cm³/mol. The molecular weight excluding hydrogens is 312 g/mol. The molecular formula is C16H24N4O2S. The zero-order valence-electron chi connectivity index (χ0n) is 13.9. The van der Waals surface area contributed by atoms with E-state index in [4.69, 9.17) is 0 Å². The van der Waals surface area contributed by atoms with Crippen LogP contribution in [-0.4, -0.2) is 47.9 Å². The minimum Gasteiger partial charge on any atom is -0.342 e. The fourth-order valence-electron chi connectivity index (χ4n) is 3.06. The van der Waals surface area contributed by atoms with E-state index in [1.165, 1.54) is 11.3 Å². The third-order valence-electron chi connectivity index (χ3n) is 4.53. The summed E-state index contributed by atoms with van der Waals surface area (Å²) < 4.78 is 0. The lowest BCUT2D eigenvalue weighted by molar-refractivity contribution is -0.129. The van der Waals surface area contributed by atoms with Gasteiger partial charge in [0.1, 0.15) is 0 Å². The molecule has 7 heteroatoms. The third-order valence-corrected chi connectivity index (χ3v) is 5.33. The molecule has 3 rings (SSSR count). The molecule has 3 heterocycles. The summed E-state index contributed by atoms with van der Waals surface area (Å²) >= 11 is 1.37. The summed E-state index contributed by atoms with van der Waals surface area (Å²) in [4.78, 5) is 30.7. The van der Waals surface area contributed by atoms with E-state index < -0.39 is 5.41 Å². The molecule has 1 aromatic rings. The summed E-state index contributed by atoms with van der Waals surface area (Å²) in [6.45, 7) is 9.34. The second-order valence-electron chi connectivity index (χ2n) is 7.50. The van der Waals surface area contributed by atoms with Gasteiger partial charge in [0.25, 0.3) is 0 Å². The summed E-state index contributed by atoms with van der Waals surface area (Å²) in [5.74, 6) is 1.29. The number of carbonyl (C=O) groups is 2. The fraction of sp³-hybridized carbons (Fsp3) is 0.688. The normalized spacial score (nSPS) is 23.9. The van der Waals surface area contributed by atoms with Gasteiger partial charge in [0.15, 0.2) is 5.13 Å². The topological polar surface area (TPSA) is 74.3 Å². The van der Waals surface area contributed by atoms with Gasteiger partial charge in [-0.05, 0) is 11.8 Å². The molecule has 0 bridgehead atoms. The molecule has 0 aromatic carbocycles. The molecule has 2 fully saturated rings. The standard InChI is InChI=1S/C16H24N4O2S/c1-16(2,3)14(22)19-15-18-12(9-23-15)4-13(21)20-7-10-5-17-6-11(10)8-20/h9-11,17H,4-8H2,1-3H3,(H,18,19,22)/t10-,11+. The van der Waals surface area contributed by atoms with Crippen molar-refractivity contribution in [2.24, 2.45) is 17.3 Å². The molecule has 2 N–H and O–H groups in total. The second kappa shape index (κ2) is 6.20. The van der Waals surface area contributed by atoms with Crippen molar-refractivity contribution in [3.63, 3.8) is 0 Å². The molecule has 6 nitrogen and oxygen atoms in total. The summed E-state index contributed by atoms with van der Waals surface area (Å²) in [6.07, 6.45) is 0.314. The van der Waals surface area contributed by atoms with Gasteiger partial charge in [-0.25, -0.2) is 4.98 Å². The Bertz CT molecular complexity index is 595. The smallest absolute Gasteiger partial charge is 0.231 e. The van der Waals surface area contributed by atoms with Crippen molar-refractivity contribution in [2.75, 3.05) is 31.5 Å². The maximum Gasteiger partial charge on any atom is 0.231 e. The number of nitrogens with one attached hydrogen (secondary N) is 2. The van der Waals surface area contributed by atoms with Crippen molar-refractivity contribution in [1.29, 1.82) is 0 Å². The zero-order valence-corrected chi connectivity index (χ0v) is 14.7. The average molecular weight is 336 g/mol.